The van der Waals surface area contributed by atoms with Gasteiger partial charge in [0.05, 0.1) is 0 Å². The van der Waals surface area contributed by atoms with E-state index in [4.69, 9.17) is 4.74 Å². The number of para-hydroxylation sites is 1. The number of hydrogen-bond donors (Lipinski definition) is 2. The highest BCUT2D eigenvalue weighted by Gasteiger charge is 2.29. The van der Waals surface area contributed by atoms with Gasteiger partial charge in [-0.3, -0.25) is 4.79 Å². The minimum Gasteiger partial charge on any atom is -0.476 e. The van der Waals surface area contributed by atoms with Crippen LogP contribution in [0.4, 0.5) is 0 Å². The number of ether oxygens (including phenoxy) is 1. The van der Waals surface area contributed by atoms with Gasteiger partial charge in [-0.25, -0.2) is 0 Å². The molecular formula is C21H27ClN2O2. The molecule has 1 saturated heterocycles. The molecule has 0 radical (unpaired) electrons. The van der Waals surface area contributed by atoms with Crippen LogP contribution < -0.4 is 15.4 Å². The summed E-state index contributed by atoms with van der Waals surface area (Å²) in [5.74, 6) is 0.606. The molecule has 0 saturated carbocycles. The number of nitrogens with one attached hydrogen (secondary N) is 2. The zero-order valence-electron chi connectivity index (χ0n) is 15.1. The molecule has 0 spiro atoms. The van der Waals surface area contributed by atoms with Crippen molar-refractivity contribution in [1.29, 1.82) is 0 Å². The van der Waals surface area contributed by atoms with E-state index < -0.39 is 6.10 Å². The van der Waals surface area contributed by atoms with Crippen LogP contribution in [0.1, 0.15) is 31.4 Å². The molecule has 1 amide bonds. The van der Waals surface area contributed by atoms with Crippen molar-refractivity contribution in [1.82, 2.24) is 10.6 Å². The van der Waals surface area contributed by atoms with Gasteiger partial charge in [0.15, 0.2) is 0 Å². The Morgan fingerprint density at radius 2 is 1.65 bits per heavy atom. The maximum Gasteiger partial charge on any atom is 0.265 e. The quantitative estimate of drug-likeness (QED) is 0.809. The van der Waals surface area contributed by atoms with Gasteiger partial charge in [0.2, 0.25) is 6.10 Å². The van der Waals surface area contributed by atoms with E-state index in [0.29, 0.717) is 12.3 Å². The molecule has 26 heavy (non-hydrogen) atoms. The van der Waals surface area contributed by atoms with E-state index in [2.05, 4.69) is 17.6 Å². The average molecular weight is 375 g/mol. The van der Waals surface area contributed by atoms with Crippen LogP contribution >= 0.6 is 12.4 Å². The summed E-state index contributed by atoms with van der Waals surface area (Å²) in [5, 5.41) is 6.49. The molecule has 1 fully saturated rings. The second kappa shape index (κ2) is 9.60. The van der Waals surface area contributed by atoms with Crippen LogP contribution in [0.25, 0.3) is 0 Å². The lowest BCUT2D eigenvalue weighted by atomic mass is 9.81. The largest absolute Gasteiger partial charge is 0.476 e. The summed E-state index contributed by atoms with van der Waals surface area (Å²) in [6, 6.07) is 19.2. The number of halogens is 1. The smallest absolute Gasteiger partial charge is 0.265 e. The molecule has 3 rings (SSSR count). The Labute approximate surface area is 161 Å². The standard InChI is InChI=1S/C21H26N2O2.ClH/c1-21(12-14-22-15-13-21)16-23-20(24)19(17-8-4-2-5-9-17)25-18-10-6-3-7-11-18;/h2-11,19,22H,12-16H2,1H3,(H,23,24);1H. The lowest BCUT2D eigenvalue weighted by Crippen LogP contribution is -2.44. The van der Waals surface area contributed by atoms with Crippen molar-refractivity contribution >= 4 is 18.3 Å². The zero-order chi connectivity index (χ0) is 17.5. The van der Waals surface area contributed by atoms with Crippen LogP contribution in [0.5, 0.6) is 5.75 Å². The van der Waals surface area contributed by atoms with Gasteiger partial charge in [-0.05, 0) is 43.5 Å². The van der Waals surface area contributed by atoms with Crippen LogP contribution in [-0.2, 0) is 4.79 Å². The first-order valence-corrected chi connectivity index (χ1v) is 8.91. The number of carbonyl (C=O) groups is 1. The maximum atomic E-state index is 12.9. The Balaban J connectivity index is 0.00000243. The van der Waals surface area contributed by atoms with E-state index in [1.807, 2.05) is 60.7 Å². The third-order valence-electron chi connectivity index (χ3n) is 4.84. The Hall–Kier alpha value is -2.04. The molecule has 1 aliphatic heterocycles. The molecule has 0 aromatic heterocycles. The minimum atomic E-state index is -0.645. The zero-order valence-corrected chi connectivity index (χ0v) is 15.9. The van der Waals surface area contributed by atoms with Crippen molar-refractivity contribution in [2.24, 2.45) is 5.41 Å². The number of piperidine rings is 1. The van der Waals surface area contributed by atoms with Crippen molar-refractivity contribution in [3.05, 3.63) is 66.2 Å². The highest BCUT2D eigenvalue weighted by atomic mass is 35.5. The minimum absolute atomic E-state index is 0. The molecule has 1 atom stereocenters. The molecule has 4 nitrogen and oxygen atoms in total. The van der Waals surface area contributed by atoms with Gasteiger partial charge in [-0.2, -0.15) is 0 Å². The summed E-state index contributed by atoms with van der Waals surface area (Å²) in [5.41, 5.74) is 1.01. The monoisotopic (exact) mass is 374 g/mol. The van der Waals surface area contributed by atoms with Crippen molar-refractivity contribution < 1.29 is 9.53 Å². The number of carbonyl (C=O) groups excluding carboxylic acids is 1. The highest BCUT2D eigenvalue weighted by Crippen LogP contribution is 2.27. The number of benzene rings is 2. The van der Waals surface area contributed by atoms with Gasteiger partial charge < -0.3 is 15.4 Å². The highest BCUT2D eigenvalue weighted by molar-refractivity contribution is 5.85. The topological polar surface area (TPSA) is 50.4 Å². The molecule has 140 valence electrons. The van der Waals surface area contributed by atoms with E-state index in [-0.39, 0.29) is 23.7 Å². The third-order valence-corrected chi connectivity index (χ3v) is 4.84. The molecule has 1 aliphatic rings. The third kappa shape index (κ3) is 5.48. The van der Waals surface area contributed by atoms with E-state index in [1.54, 1.807) is 0 Å². The molecule has 2 N–H and O–H groups in total. The Kier molecular flexibility index (Phi) is 7.49. The second-order valence-corrected chi connectivity index (χ2v) is 7.00. The van der Waals surface area contributed by atoms with Crippen LogP contribution in [0.3, 0.4) is 0 Å². The Morgan fingerprint density at radius 1 is 1.08 bits per heavy atom. The molecule has 0 bridgehead atoms. The summed E-state index contributed by atoms with van der Waals surface area (Å²) in [7, 11) is 0. The fraction of sp³-hybridized carbons (Fsp3) is 0.381. The lowest BCUT2D eigenvalue weighted by Gasteiger charge is -2.34. The summed E-state index contributed by atoms with van der Waals surface area (Å²) < 4.78 is 6.01. The molecule has 0 aliphatic carbocycles. The first-order valence-electron chi connectivity index (χ1n) is 8.91. The average Bonchev–Trinajstić information content (AvgIpc) is 2.66. The van der Waals surface area contributed by atoms with Crippen LogP contribution in [-0.4, -0.2) is 25.5 Å². The maximum absolute atomic E-state index is 12.9. The molecule has 2 aromatic rings. The van der Waals surface area contributed by atoms with Crippen molar-refractivity contribution in [2.75, 3.05) is 19.6 Å². The van der Waals surface area contributed by atoms with Gasteiger partial charge in [0.1, 0.15) is 5.75 Å². The van der Waals surface area contributed by atoms with Crippen molar-refractivity contribution in [3.63, 3.8) is 0 Å². The van der Waals surface area contributed by atoms with Gasteiger partial charge in [-0.15, -0.1) is 12.4 Å². The summed E-state index contributed by atoms with van der Waals surface area (Å²) in [4.78, 5) is 12.9. The van der Waals surface area contributed by atoms with Gasteiger partial charge in [0.25, 0.3) is 5.91 Å². The van der Waals surface area contributed by atoms with Crippen LogP contribution in [0.2, 0.25) is 0 Å². The second-order valence-electron chi connectivity index (χ2n) is 7.00. The molecule has 1 heterocycles. The summed E-state index contributed by atoms with van der Waals surface area (Å²) in [6.45, 7) is 4.93. The Morgan fingerprint density at radius 3 is 2.27 bits per heavy atom. The summed E-state index contributed by atoms with van der Waals surface area (Å²) in [6.07, 6.45) is 1.50. The SMILES string of the molecule is CC1(CNC(=O)C(Oc2ccccc2)c2ccccc2)CCNCC1.Cl. The predicted molar refractivity (Wildman–Crippen MR) is 107 cm³/mol. The van der Waals surface area contributed by atoms with Gasteiger partial charge in [0, 0.05) is 12.1 Å². The van der Waals surface area contributed by atoms with E-state index in [9.17, 15) is 4.79 Å². The molecule has 1 unspecified atom stereocenters. The van der Waals surface area contributed by atoms with Gasteiger partial charge >= 0.3 is 0 Å². The molecule has 5 heteroatoms. The van der Waals surface area contributed by atoms with Crippen molar-refractivity contribution in [2.45, 2.75) is 25.9 Å². The fourth-order valence-corrected chi connectivity index (χ4v) is 3.14. The van der Waals surface area contributed by atoms with E-state index in [0.717, 1.165) is 31.5 Å². The first kappa shape index (κ1) is 20.3. The molecule has 2 aromatic carbocycles. The van der Waals surface area contributed by atoms with Gasteiger partial charge in [-0.1, -0.05) is 55.5 Å². The summed E-state index contributed by atoms with van der Waals surface area (Å²) >= 11 is 0. The van der Waals surface area contributed by atoms with E-state index in [1.165, 1.54) is 0 Å². The normalized spacial score (nSPS) is 16.8. The first-order chi connectivity index (χ1) is 12.2. The number of amides is 1. The number of hydrogen-bond acceptors (Lipinski definition) is 3. The predicted octanol–water partition coefficient (Wildman–Crippen LogP) is 3.73. The van der Waals surface area contributed by atoms with Crippen LogP contribution in [0, 0.1) is 5.41 Å². The van der Waals surface area contributed by atoms with Crippen LogP contribution in [0.15, 0.2) is 60.7 Å². The fourth-order valence-electron chi connectivity index (χ4n) is 3.14. The van der Waals surface area contributed by atoms with E-state index >= 15 is 0 Å². The van der Waals surface area contributed by atoms with Crippen molar-refractivity contribution in [3.8, 4) is 5.75 Å². The molecular weight excluding hydrogens is 348 g/mol. The lowest BCUT2D eigenvalue weighted by molar-refractivity contribution is -0.128. The Bertz CT molecular complexity index is 673. The number of rotatable bonds is 6.